The lowest BCUT2D eigenvalue weighted by molar-refractivity contribution is -0.142. The van der Waals surface area contributed by atoms with Gasteiger partial charge in [-0.15, -0.1) is 0 Å². The summed E-state index contributed by atoms with van der Waals surface area (Å²) in [6.45, 7) is 0. The standard InChI is InChI=1S/C14H17ClO2/c15-11-8-6-10(7-9-11)12-4-2-1-3-5-13(12)14(16)17/h6-9,12-13H,1-5H2,(H,16,17). The zero-order valence-corrected chi connectivity index (χ0v) is 10.5. The number of hydrogen-bond acceptors (Lipinski definition) is 1. The average molecular weight is 253 g/mol. The SMILES string of the molecule is O=C(O)C1CCCCCC1c1ccc(Cl)cc1. The van der Waals surface area contributed by atoms with Crippen molar-refractivity contribution in [2.75, 3.05) is 0 Å². The first-order chi connectivity index (χ1) is 8.18. The van der Waals surface area contributed by atoms with E-state index >= 15 is 0 Å². The molecule has 0 saturated heterocycles. The van der Waals surface area contributed by atoms with Crippen LogP contribution < -0.4 is 0 Å². The molecule has 0 radical (unpaired) electrons. The van der Waals surface area contributed by atoms with Crippen LogP contribution in [0, 0.1) is 5.92 Å². The van der Waals surface area contributed by atoms with Crippen LogP contribution in [-0.2, 0) is 4.79 Å². The summed E-state index contributed by atoms with van der Waals surface area (Å²) in [5, 5.41) is 10.0. The van der Waals surface area contributed by atoms with E-state index in [1.54, 1.807) is 0 Å². The Morgan fingerprint density at radius 3 is 2.41 bits per heavy atom. The van der Waals surface area contributed by atoms with Crippen LogP contribution in [0.1, 0.15) is 43.6 Å². The summed E-state index contributed by atoms with van der Waals surface area (Å²) in [6, 6.07) is 7.63. The van der Waals surface area contributed by atoms with E-state index in [9.17, 15) is 9.90 Å². The van der Waals surface area contributed by atoms with Crippen LogP contribution in [0.25, 0.3) is 0 Å². The van der Waals surface area contributed by atoms with Gasteiger partial charge in [-0.1, -0.05) is 43.0 Å². The maximum absolute atomic E-state index is 11.3. The minimum absolute atomic E-state index is 0.146. The van der Waals surface area contributed by atoms with Crippen LogP contribution in [0.5, 0.6) is 0 Å². The van der Waals surface area contributed by atoms with Gasteiger partial charge in [0.15, 0.2) is 0 Å². The van der Waals surface area contributed by atoms with Crippen LogP contribution in [0.15, 0.2) is 24.3 Å². The molecule has 3 heteroatoms. The Bertz CT molecular complexity index is 386. The highest BCUT2D eigenvalue weighted by Crippen LogP contribution is 2.37. The van der Waals surface area contributed by atoms with Gasteiger partial charge >= 0.3 is 5.97 Å². The van der Waals surface area contributed by atoms with Crippen molar-refractivity contribution in [3.05, 3.63) is 34.9 Å². The number of hydrogen-bond donors (Lipinski definition) is 1. The van der Waals surface area contributed by atoms with Gasteiger partial charge in [0.1, 0.15) is 0 Å². The molecule has 1 saturated carbocycles. The second-order valence-corrected chi connectivity index (χ2v) is 5.18. The third-order valence-corrected chi connectivity index (χ3v) is 3.88. The predicted octanol–water partition coefficient (Wildman–Crippen LogP) is 4.09. The van der Waals surface area contributed by atoms with E-state index in [4.69, 9.17) is 11.6 Å². The van der Waals surface area contributed by atoms with E-state index < -0.39 is 5.97 Å². The number of rotatable bonds is 2. The molecule has 0 aliphatic heterocycles. The quantitative estimate of drug-likeness (QED) is 0.805. The molecule has 0 spiro atoms. The fraction of sp³-hybridized carbons (Fsp3) is 0.500. The summed E-state index contributed by atoms with van der Waals surface area (Å²) >= 11 is 5.87. The Balaban J connectivity index is 2.25. The molecule has 2 unspecified atom stereocenters. The average Bonchev–Trinajstić information content (AvgIpc) is 2.55. The second kappa shape index (κ2) is 5.54. The Hall–Kier alpha value is -1.02. The minimum Gasteiger partial charge on any atom is -0.481 e. The summed E-state index contributed by atoms with van der Waals surface area (Å²) < 4.78 is 0. The van der Waals surface area contributed by atoms with Gasteiger partial charge in [-0.05, 0) is 36.5 Å². The number of aliphatic carboxylic acids is 1. The number of carbonyl (C=O) groups is 1. The van der Waals surface area contributed by atoms with Crippen LogP contribution in [-0.4, -0.2) is 11.1 Å². The number of carboxylic acids is 1. The first-order valence-electron chi connectivity index (χ1n) is 6.17. The molecule has 1 fully saturated rings. The van der Waals surface area contributed by atoms with Gasteiger partial charge in [0.2, 0.25) is 0 Å². The van der Waals surface area contributed by atoms with E-state index in [0.29, 0.717) is 5.02 Å². The highest BCUT2D eigenvalue weighted by Gasteiger charge is 2.30. The van der Waals surface area contributed by atoms with E-state index in [1.165, 1.54) is 0 Å². The highest BCUT2D eigenvalue weighted by atomic mass is 35.5. The summed E-state index contributed by atoms with van der Waals surface area (Å²) in [5.74, 6) is -0.752. The fourth-order valence-electron chi connectivity index (χ4n) is 2.71. The van der Waals surface area contributed by atoms with Gasteiger partial charge < -0.3 is 5.11 Å². The Morgan fingerprint density at radius 1 is 1.12 bits per heavy atom. The first kappa shape index (κ1) is 12.4. The fourth-order valence-corrected chi connectivity index (χ4v) is 2.84. The lowest BCUT2D eigenvalue weighted by Crippen LogP contribution is -2.21. The first-order valence-corrected chi connectivity index (χ1v) is 6.54. The zero-order valence-electron chi connectivity index (χ0n) is 9.73. The normalized spacial score (nSPS) is 25.2. The summed E-state index contributed by atoms with van der Waals surface area (Å²) in [6.07, 6.45) is 5.06. The Labute approximate surface area is 107 Å². The zero-order chi connectivity index (χ0) is 12.3. The molecule has 1 aliphatic carbocycles. The molecule has 92 valence electrons. The molecule has 0 heterocycles. The molecule has 0 aromatic heterocycles. The number of halogens is 1. The Morgan fingerprint density at radius 2 is 1.76 bits per heavy atom. The monoisotopic (exact) mass is 252 g/mol. The number of carboxylic acid groups (broad SMARTS) is 1. The third kappa shape index (κ3) is 3.01. The number of benzene rings is 1. The molecule has 17 heavy (non-hydrogen) atoms. The molecular formula is C14H17ClO2. The van der Waals surface area contributed by atoms with Crippen molar-refractivity contribution in [3.63, 3.8) is 0 Å². The molecule has 2 atom stereocenters. The van der Waals surface area contributed by atoms with Gasteiger partial charge in [-0.3, -0.25) is 4.79 Å². The summed E-state index contributed by atoms with van der Waals surface area (Å²) in [7, 11) is 0. The lowest BCUT2D eigenvalue weighted by Gasteiger charge is -2.21. The Kier molecular flexibility index (Phi) is 4.06. The van der Waals surface area contributed by atoms with E-state index in [2.05, 4.69) is 0 Å². The van der Waals surface area contributed by atoms with Gasteiger partial charge in [-0.2, -0.15) is 0 Å². The maximum atomic E-state index is 11.3. The lowest BCUT2D eigenvalue weighted by atomic mass is 9.82. The van der Waals surface area contributed by atoms with Crippen LogP contribution >= 0.6 is 11.6 Å². The molecule has 0 amide bonds. The summed E-state index contributed by atoms with van der Waals surface area (Å²) in [5.41, 5.74) is 1.11. The van der Waals surface area contributed by atoms with Crippen molar-refractivity contribution in [2.45, 2.75) is 38.0 Å². The van der Waals surface area contributed by atoms with Crippen LogP contribution in [0.4, 0.5) is 0 Å². The van der Waals surface area contributed by atoms with Crippen LogP contribution in [0.2, 0.25) is 5.02 Å². The maximum Gasteiger partial charge on any atom is 0.307 e. The minimum atomic E-state index is -0.660. The van der Waals surface area contributed by atoms with Gasteiger partial charge in [0.25, 0.3) is 0 Å². The van der Waals surface area contributed by atoms with Crippen molar-refractivity contribution in [1.82, 2.24) is 0 Å². The molecule has 1 aromatic carbocycles. The van der Waals surface area contributed by atoms with Gasteiger partial charge in [0, 0.05) is 5.02 Å². The van der Waals surface area contributed by atoms with Crippen molar-refractivity contribution in [2.24, 2.45) is 5.92 Å². The molecule has 2 rings (SSSR count). The molecule has 1 aromatic rings. The van der Waals surface area contributed by atoms with Crippen LogP contribution in [0.3, 0.4) is 0 Å². The van der Waals surface area contributed by atoms with E-state index in [1.807, 2.05) is 24.3 Å². The summed E-state index contributed by atoms with van der Waals surface area (Å²) in [4.78, 5) is 11.3. The second-order valence-electron chi connectivity index (χ2n) is 4.74. The van der Waals surface area contributed by atoms with Crippen molar-refractivity contribution < 1.29 is 9.90 Å². The largest absolute Gasteiger partial charge is 0.481 e. The molecular weight excluding hydrogens is 236 g/mol. The molecule has 2 nitrogen and oxygen atoms in total. The van der Waals surface area contributed by atoms with E-state index in [0.717, 1.165) is 37.7 Å². The van der Waals surface area contributed by atoms with Crippen molar-refractivity contribution >= 4 is 17.6 Å². The van der Waals surface area contributed by atoms with Gasteiger partial charge in [-0.25, -0.2) is 0 Å². The predicted molar refractivity (Wildman–Crippen MR) is 68.4 cm³/mol. The van der Waals surface area contributed by atoms with Crippen molar-refractivity contribution in [1.29, 1.82) is 0 Å². The van der Waals surface area contributed by atoms with Gasteiger partial charge in [0.05, 0.1) is 5.92 Å². The molecule has 1 aliphatic rings. The topological polar surface area (TPSA) is 37.3 Å². The smallest absolute Gasteiger partial charge is 0.307 e. The van der Waals surface area contributed by atoms with Crippen molar-refractivity contribution in [3.8, 4) is 0 Å². The highest BCUT2D eigenvalue weighted by molar-refractivity contribution is 6.30. The third-order valence-electron chi connectivity index (χ3n) is 3.63. The van der Waals surface area contributed by atoms with E-state index in [-0.39, 0.29) is 11.8 Å². The molecule has 0 bridgehead atoms. The molecule has 1 N–H and O–H groups in total.